The highest BCUT2D eigenvalue weighted by Crippen LogP contribution is 2.35. The number of fused-ring (bicyclic) bond motifs is 1. The zero-order valence-electron chi connectivity index (χ0n) is 15.3. The van der Waals surface area contributed by atoms with Crippen LogP contribution >= 0.6 is 11.3 Å². The van der Waals surface area contributed by atoms with Gasteiger partial charge in [0.1, 0.15) is 10.4 Å². The molecule has 4 nitrogen and oxygen atoms in total. The van der Waals surface area contributed by atoms with Gasteiger partial charge in [-0.3, -0.25) is 9.89 Å². The van der Waals surface area contributed by atoms with E-state index in [-0.39, 0.29) is 5.56 Å². The molecule has 0 aliphatic heterocycles. The lowest BCUT2D eigenvalue weighted by Gasteiger charge is -2.08. The Labute approximate surface area is 157 Å². The molecule has 5 heteroatoms. The number of hydrogen-bond donors (Lipinski definition) is 2. The molecule has 0 atom stereocenters. The Hall–Kier alpha value is -2.01. The quantitative estimate of drug-likeness (QED) is 0.538. The third-order valence-corrected chi connectivity index (χ3v) is 6.46. The monoisotopic (exact) mass is 370 g/mol. The summed E-state index contributed by atoms with van der Waals surface area (Å²) in [5.74, 6) is 1.23. The smallest absolute Gasteiger partial charge is 0.289 e. The van der Waals surface area contributed by atoms with Gasteiger partial charge in [0.25, 0.3) is 5.56 Å². The number of thiophene rings is 1. The van der Waals surface area contributed by atoms with E-state index in [2.05, 4.69) is 18.1 Å². The zero-order chi connectivity index (χ0) is 18.1. The maximum Gasteiger partial charge on any atom is 0.289 e. The fourth-order valence-electron chi connectivity index (χ4n) is 3.49. The van der Waals surface area contributed by atoms with Gasteiger partial charge in [-0.15, -0.1) is 11.3 Å². The van der Waals surface area contributed by atoms with E-state index >= 15 is 0 Å². The molecule has 2 N–H and O–H groups in total. The molecular formula is C21H26N2O2S. The molecular weight excluding hydrogens is 344 g/mol. The topological polar surface area (TPSA) is 58.0 Å². The second kappa shape index (κ2) is 7.31. The molecule has 2 heterocycles. The van der Waals surface area contributed by atoms with Gasteiger partial charge in [-0.05, 0) is 61.4 Å². The minimum Gasteiger partial charge on any atom is -0.508 e. The van der Waals surface area contributed by atoms with Crippen molar-refractivity contribution in [1.29, 1.82) is 0 Å². The molecule has 0 spiro atoms. The van der Waals surface area contributed by atoms with Crippen LogP contribution in [0.4, 0.5) is 0 Å². The molecule has 1 fully saturated rings. The summed E-state index contributed by atoms with van der Waals surface area (Å²) in [6.45, 7) is 2.17. The van der Waals surface area contributed by atoms with Gasteiger partial charge >= 0.3 is 0 Å². The van der Waals surface area contributed by atoms with Crippen molar-refractivity contribution in [3.63, 3.8) is 0 Å². The van der Waals surface area contributed by atoms with Crippen molar-refractivity contribution in [2.45, 2.75) is 58.3 Å². The highest BCUT2D eigenvalue weighted by Gasteiger charge is 2.21. The van der Waals surface area contributed by atoms with E-state index in [0.29, 0.717) is 5.75 Å². The summed E-state index contributed by atoms with van der Waals surface area (Å²) >= 11 is 1.62. The van der Waals surface area contributed by atoms with Crippen LogP contribution in [0.1, 0.15) is 55.9 Å². The summed E-state index contributed by atoms with van der Waals surface area (Å²) < 4.78 is 2.41. The first kappa shape index (κ1) is 17.4. The van der Waals surface area contributed by atoms with E-state index in [4.69, 9.17) is 0 Å². The molecule has 0 bridgehead atoms. The van der Waals surface area contributed by atoms with Crippen molar-refractivity contribution >= 4 is 21.6 Å². The van der Waals surface area contributed by atoms with Crippen molar-refractivity contribution < 1.29 is 5.11 Å². The van der Waals surface area contributed by atoms with E-state index in [1.54, 1.807) is 28.2 Å². The van der Waals surface area contributed by atoms with Gasteiger partial charge < -0.3 is 5.11 Å². The molecule has 1 aliphatic carbocycles. The van der Waals surface area contributed by atoms with Crippen molar-refractivity contribution in [3.05, 3.63) is 45.1 Å². The average molecular weight is 371 g/mol. The molecule has 1 aliphatic rings. The second-order valence-electron chi connectivity index (χ2n) is 7.46. The summed E-state index contributed by atoms with van der Waals surface area (Å²) in [4.78, 5) is 14.1. The van der Waals surface area contributed by atoms with Crippen LogP contribution in [0.2, 0.25) is 0 Å². The number of hydrogen-bond acceptors (Lipinski definition) is 3. The minimum absolute atomic E-state index is 0.00729. The molecule has 1 aromatic carbocycles. The van der Waals surface area contributed by atoms with Crippen molar-refractivity contribution in [3.8, 4) is 11.4 Å². The number of phenols is 1. The maximum atomic E-state index is 12.8. The Morgan fingerprint density at radius 1 is 1.23 bits per heavy atom. The average Bonchev–Trinajstić information content (AvgIpc) is 3.30. The number of unbranched alkanes of at least 4 members (excludes halogenated alkanes) is 2. The van der Waals surface area contributed by atoms with E-state index in [0.717, 1.165) is 59.5 Å². The second-order valence-corrected chi connectivity index (χ2v) is 8.60. The predicted octanol–water partition coefficient (Wildman–Crippen LogP) is 5.16. The van der Waals surface area contributed by atoms with Gasteiger partial charge in [0, 0.05) is 4.88 Å². The van der Waals surface area contributed by atoms with Gasteiger partial charge in [-0.2, -0.15) is 0 Å². The number of nitrogens with zero attached hydrogens (tertiary/aromatic N) is 1. The number of H-pyrrole nitrogens is 1. The predicted molar refractivity (Wildman–Crippen MR) is 108 cm³/mol. The molecule has 138 valence electrons. The summed E-state index contributed by atoms with van der Waals surface area (Å²) in [6.07, 6.45) is 9.25. The van der Waals surface area contributed by atoms with Gasteiger partial charge in [-0.1, -0.05) is 32.6 Å². The third kappa shape index (κ3) is 3.58. The highest BCUT2D eigenvalue weighted by atomic mass is 32.1. The molecule has 3 aromatic rings. The summed E-state index contributed by atoms with van der Waals surface area (Å²) in [6, 6.07) is 7.55. The molecule has 0 saturated heterocycles. The molecule has 0 radical (unpaired) electrons. The molecule has 1 saturated carbocycles. The Kier molecular flexibility index (Phi) is 4.90. The van der Waals surface area contributed by atoms with Gasteiger partial charge in [0.2, 0.25) is 0 Å². The van der Waals surface area contributed by atoms with Crippen LogP contribution in [-0.2, 0) is 12.8 Å². The Balaban J connectivity index is 1.59. The van der Waals surface area contributed by atoms with Crippen molar-refractivity contribution in [1.82, 2.24) is 9.78 Å². The summed E-state index contributed by atoms with van der Waals surface area (Å²) in [5, 5.41) is 13.4. The maximum absolute atomic E-state index is 12.8. The molecule has 0 unspecified atom stereocenters. The normalized spacial score (nSPS) is 14.3. The van der Waals surface area contributed by atoms with E-state index in [1.807, 2.05) is 6.07 Å². The molecule has 4 rings (SSSR count). The zero-order valence-corrected chi connectivity index (χ0v) is 16.1. The summed E-state index contributed by atoms with van der Waals surface area (Å²) in [5.41, 5.74) is 2.63. The van der Waals surface area contributed by atoms with E-state index in [9.17, 15) is 9.90 Å². The number of aryl methyl sites for hydroxylation is 2. The van der Waals surface area contributed by atoms with Crippen LogP contribution in [0.15, 0.2) is 29.1 Å². The van der Waals surface area contributed by atoms with Crippen molar-refractivity contribution in [2.24, 2.45) is 5.92 Å². The Morgan fingerprint density at radius 2 is 2.08 bits per heavy atom. The Morgan fingerprint density at radius 3 is 2.81 bits per heavy atom. The number of benzene rings is 1. The van der Waals surface area contributed by atoms with E-state index < -0.39 is 0 Å². The summed E-state index contributed by atoms with van der Waals surface area (Å²) in [7, 11) is 0. The Bertz CT molecular complexity index is 962. The minimum atomic E-state index is 0.00729. The fourth-order valence-corrected chi connectivity index (χ4v) is 4.54. The van der Waals surface area contributed by atoms with Crippen LogP contribution in [0, 0.1) is 5.92 Å². The number of phenolic OH excluding ortho intramolecular Hbond substituents is 1. The SMILES string of the molecule is CCCCCc1cc(-n2[nH]c3cc(CCC4CC4)sc3c2=O)ccc1O. The van der Waals surface area contributed by atoms with Crippen molar-refractivity contribution in [2.75, 3.05) is 0 Å². The number of aromatic nitrogens is 2. The first-order valence-electron chi connectivity index (χ1n) is 9.71. The first-order valence-corrected chi connectivity index (χ1v) is 10.5. The van der Waals surface area contributed by atoms with Gasteiger partial charge in [0.15, 0.2) is 0 Å². The fraction of sp³-hybridized carbons (Fsp3) is 0.476. The highest BCUT2D eigenvalue weighted by molar-refractivity contribution is 7.18. The molecule has 0 amide bonds. The number of rotatable bonds is 8. The van der Waals surface area contributed by atoms with Crippen LogP contribution in [-0.4, -0.2) is 14.9 Å². The number of aromatic hydroxyl groups is 1. The molecule has 2 aromatic heterocycles. The van der Waals surface area contributed by atoms with Crippen LogP contribution in [0.25, 0.3) is 15.9 Å². The third-order valence-electron chi connectivity index (χ3n) is 5.28. The van der Waals surface area contributed by atoms with E-state index in [1.165, 1.54) is 24.1 Å². The lowest BCUT2D eigenvalue weighted by atomic mass is 10.1. The number of nitrogens with one attached hydrogen (secondary N) is 1. The standard InChI is InChI=1S/C21H26N2O2S/c1-2-3-4-5-15-12-16(9-11-19(15)24)23-21(25)20-18(22-23)13-17(26-20)10-8-14-6-7-14/h9,11-14,22,24H,2-8,10H2,1H3. The van der Waals surface area contributed by atoms with Crippen LogP contribution in [0.3, 0.4) is 0 Å². The first-order chi connectivity index (χ1) is 12.7. The number of aromatic amines is 1. The van der Waals surface area contributed by atoms with Gasteiger partial charge in [0.05, 0.1) is 11.2 Å². The van der Waals surface area contributed by atoms with Crippen LogP contribution in [0.5, 0.6) is 5.75 Å². The molecule has 26 heavy (non-hydrogen) atoms. The lowest BCUT2D eigenvalue weighted by molar-refractivity contribution is 0.466. The largest absolute Gasteiger partial charge is 0.508 e. The lowest BCUT2D eigenvalue weighted by Crippen LogP contribution is -2.14. The van der Waals surface area contributed by atoms with Gasteiger partial charge in [-0.25, -0.2) is 4.68 Å². The van der Waals surface area contributed by atoms with Crippen LogP contribution < -0.4 is 5.56 Å².